The Kier molecular flexibility index (Phi) is 5.49. The second-order valence-electron chi connectivity index (χ2n) is 8.06. The lowest BCUT2D eigenvalue weighted by molar-refractivity contribution is 0.620. The van der Waals surface area contributed by atoms with Crippen LogP contribution in [0.25, 0.3) is 10.9 Å². The van der Waals surface area contributed by atoms with Crippen LogP contribution in [0.5, 0.6) is 0 Å². The fraction of sp³-hybridized carbons (Fsp3) is 0.333. The molecule has 0 radical (unpaired) electrons. The first-order valence-corrected chi connectivity index (χ1v) is 10.3. The Balaban J connectivity index is 0.00000231. The molecule has 2 heterocycles. The van der Waals surface area contributed by atoms with Gasteiger partial charge in [0.25, 0.3) is 5.56 Å². The van der Waals surface area contributed by atoms with Gasteiger partial charge in [-0.1, -0.05) is 41.9 Å². The highest BCUT2D eigenvalue weighted by Gasteiger charge is 2.36. The topological polar surface area (TPSA) is 99.3 Å². The van der Waals surface area contributed by atoms with E-state index in [1.807, 2.05) is 30.3 Å². The Morgan fingerprint density at radius 3 is 2.42 bits per heavy atom. The van der Waals surface area contributed by atoms with Crippen LogP contribution in [0.2, 0.25) is 5.02 Å². The van der Waals surface area contributed by atoms with Crippen molar-refractivity contribution in [3.63, 3.8) is 0 Å². The number of rotatable bonds is 3. The van der Waals surface area contributed by atoms with Gasteiger partial charge in [-0.25, -0.2) is 9.18 Å². The van der Waals surface area contributed by atoms with Crippen molar-refractivity contribution < 1.29 is 4.39 Å². The molecule has 1 aliphatic carbocycles. The fourth-order valence-electron chi connectivity index (χ4n) is 4.45. The Morgan fingerprint density at radius 2 is 1.77 bits per heavy atom. The van der Waals surface area contributed by atoms with Crippen molar-refractivity contribution in [3.05, 3.63) is 73.6 Å². The predicted octanol–water partition coefficient (Wildman–Crippen LogP) is 2.36. The lowest BCUT2D eigenvalue weighted by Crippen LogP contribution is -2.44. The average Bonchev–Trinajstić information content (AvgIpc) is 3.50. The summed E-state index contributed by atoms with van der Waals surface area (Å²) in [5.74, 6) is 5.03. The van der Waals surface area contributed by atoms with Crippen LogP contribution in [0.1, 0.15) is 30.4 Å². The van der Waals surface area contributed by atoms with Crippen molar-refractivity contribution >= 4 is 40.6 Å². The third-order valence-corrected chi connectivity index (χ3v) is 6.45. The van der Waals surface area contributed by atoms with Gasteiger partial charge in [-0.2, -0.15) is 4.68 Å². The van der Waals surface area contributed by atoms with Crippen LogP contribution >= 0.6 is 24.0 Å². The van der Waals surface area contributed by atoms with Crippen molar-refractivity contribution in [2.45, 2.75) is 30.8 Å². The van der Waals surface area contributed by atoms with Crippen LogP contribution in [0.15, 0.2) is 46.0 Å². The van der Waals surface area contributed by atoms with Gasteiger partial charge in [0.2, 0.25) is 0 Å². The maximum atomic E-state index is 15.2. The number of hydrogen-bond donors (Lipinski definition) is 2. The highest BCUT2D eigenvalue weighted by Crippen LogP contribution is 2.42. The summed E-state index contributed by atoms with van der Waals surface area (Å²) in [6.07, 6.45) is 1.56. The van der Waals surface area contributed by atoms with Crippen LogP contribution in [0.3, 0.4) is 0 Å². The SMILES string of the molecule is Cl.N[C@H]1CN(c2c(F)cc3c(=O)n(N)c(=O)n(C4CC4)c3c2Cl)C[C@@H]1c1ccccc1. The summed E-state index contributed by atoms with van der Waals surface area (Å²) in [6.45, 7) is 0.887. The molecule has 7 nitrogen and oxygen atoms in total. The van der Waals surface area contributed by atoms with Crippen molar-refractivity contribution in [2.75, 3.05) is 23.8 Å². The largest absolute Gasteiger partial charge is 0.366 e. The van der Waals surface area contributed by atoms with E-state index >= 15 is 4.39 Å². The second-order valence-corrected chi connectivity index (χ2v) is 8.44. The Labute approximate surface area is 188 Å². The molecule has 2 aromatic carbocycles. The van der Waals surface area contributed by atoms with Crippen molar-refractivity contribution in [1.29, 1.82) is 0 Å². The zero-order chi connectivity index (χ0) is 21.2. The molecule has 2 atom stereocenters. The van der Waals surface area contributed by atoms with E-state index < -0.39 is 17.1 Å². The fourth-order valence-corrected chi connectivity index (χ4v) is 4.85. The van der Waals surface area contributed by atoms with Gasteiger partial charge in [-0.3, -0.25) is 9.36 Å². The van der Waals surface area contributed by atoms with E-state index in [1.54, 1.807) is 4.90 Å². The number of fused-ring (bicyclic) bond motifs is 1. The number of anilines is 1. The first-order valence-electron chi connectivity index (χ1n) is 9.88. The minimum absolute atomic E-state index is 0. The molecule has 4 N–H and O–H groups in total. The lowest BCUT2D eigenvalue weighted by atomic mass is 9.95. The molecule has 2 fully saturated rings. The summed E-state index contributed by atoms with van der Waals surface area (Å²) in [5.41, 5.74) is 6.45. The highest BCUT2D eigenvalue weighted by molar-refractivity contribution is 6.38. The summed E-state index contributed by atoms with van der Waals surface area (Å²) >= 11 is 6.67. The Bertz CT molecular complexity index is 1270. The molecule has 0 amide bonds. The molecule has 1 saturated heterocycles. The first kappa shape index (κ1) is 21.7. The third-order valence-electron chi connectivity index (χ3n) is 6.09. The van der Waals surface area contributed by atoms with E-state index in [-0.39, 0.29) is 52.0 Å². The molecule has 1 aliphatic heterocycles. The van der Waals surface area contributed by atoms with Crippen molar-refractivity contribution in [3.8, 4) is 0 Å². The number of aromatic nitrogens is 2. The van der Waals surface area contributed by atoms with Gasteiger partial charge in [0.05, 0.1) is 21.6 Å². The molecule has 5 rings (SSSR count). The highest BCUT2D eigenvalue weighted by atomic mass is 35.5. The smallest absolute Gasteiger partial charge is 0.350 e. The Morgan fingerprint density at radius 1 is 1.10 bits per heavy atom. The molecule has 2 aliphatic rings. The summed E-state index contributed by atoms with van der Waals surface area (Å²) in [7, 11) is 0. The molecule has 0 spiro atoms. The molecular weight excluding hydrogens is 444 g/mol. The van der Waals surface area contributed by atoms with Gasteiger partial charge in [-0.05, 0) is 24.5 Å². The molecule has 31 heavy (non-hydrogen) atoms. The lowest BCUT2D eigenvalue weighted by Gasteiger charge is -2.23. The van der Waals surface area contributed by atoms with E-state index in [0.717, 1.165) is 24.5 Å². The maximum absolute atomic E-state index is 15.2. The van der Waals surface area contributed by atoms with E-state index in [4.69, 9.17) is 23.2 Å². The molecule has 1 aromatic heterocycles. The number of benzene rings is 2. The number of nitrogens with zero attached hydrogens (tertiary/aromatic N) is 3. The molecular formula is C21H22Cl2FN5O2. The summed E-state index contributed by atoms with van der Waals surface area (Å²) in [6, 6.07) is 10.7. The minimum atomic E-state index is -0.764. The van der Waals surface area contributed by atoms with Crippen LogP contribution < -0.4 is 27.7 Å². The molecule has 10 heteroatoms. The van der Waals surface area contributed by atoms with Crippen LogP contribution in [0.4, 0.5) is 10.1 Å². The molecule has 3 aromatic rings. The van der Waals surface area contributed by atoms with Crippen LogP contribution in [-0.2, 0) is 0 Å². The summed E-state index contributed by atoms with van der Waals surface area (Å²) in [5, 5.41) is 0.0472. The predicted molar refractivity (Wildman–Crippen MR) is 122 cm³/mol. The van der Waals surface area contributed by atoms with Gasteiger partial charge in [0.1, 0.15) is 5.82 Å². The molecule has 0 bridgehead atoms. The average molecular weight is 466 g/mol. The van der Waals surface area contributed by atoms with E-state index in [1.165, 1.54) is 4.57 Å². The van der Waals surface area contributed by atoms with Gasteiger partial charge in [-0.15, -0.1) is 12.4 Å². The number of halogens is 3. The molecule has 164 valence electrons. The van der Waals surface area contributed by atoms with Crippen molar-refractivity contribution in [1.82, 2.24) is 9.24 Å². The van der Waals surface area contributed by atoms with Crippen LogP contribution in [0, 0.1) is 5.82 Å². The van der Waals surface area contributed by atoms with Gasteiger partial charge in [0, 0.05) is 31.1 Å². The zero-order valence-corrected chi connectivity index (χ0v) is 18.1. The monoisotopic (exact) mass is 465 g/mol. The molecule has 1 saturated carbocycles. The normalized spacial score (nSPS) is 20.8. The standard InChI is InChI=1S/C21H21ClFN5O2.ClH/c22-17-18-13(20(29)28(25)21(30)27(18)12-6-7-12)8-15(23)19(17)26-9-14(16(24)10-26)11-4-2-1-3-5-11;/h1-5,8,12,14,16H,6-7,9-10,24-25H2;1H/t14-,16+;/m1./s1. The number of hydrogen-bond acceptors (Lipinski definition) is 5. The third kappa shape index (κ3) is 3.39. The Hall–Kier alpha value is -2.55. The second kappa shape index (κ2) is 7.85. The zero-order valence-electron chi connectivity index (χ0n) is 16.5. The molecule has 0 unspecified atom stereocenters. The van der Waals surface area contributed by atoms with E-state index in [2.05, 4.69) is 0 Å². The number of nitrogens with two attached hydrogens (primary N) is 2. The van der Waals surface area contributed by atoms with Crippen molar-refractivity contribution in [2.24, 2.45) is 5.73 Å². The number of nitrogen functional groups attached to an aromatic ring is 1. The van der Waals surface area contributed by atoms with E-state index in [0.29, 0.717) is 17.8 Å². The van der Waals surface area contributed by atoms with E-state index in [9.17, 15) is 9.59 Å². The maximum Gasteiger partial charge on any atom is 0.350 e. The van der Waals surface area contributed by atoms with Crippen LogP contribution in [-0.4, -0.2) is 28.4 Å². The first-order chi connectivity index (χ1) is 14.4. The summed E-state index contributed by atoms with van der Waals surface area (Å²) < 4.78 is 17.2. The summed E-state index contributed by atoms with van der Waals surface area (Å²) in [4.78, 5) is 27.0. The quantitative estimate of drug-likeness (QED) is 0.578. The van der Waals surface area contributed by atoms with Gasteiger partial charge >= 0.3 is 5.69 Å². The van der Waals surface area contributed by atoms with Gasteiger partial charge < -0.3 is 16.5 Å². The van der Waals surface area contributed by atoms with Gasteiger partial charge in [0.15, 0.2) is 0 Å². The minimum Gasteiger partial charge on any atom is -0.366 e.